The molecule has 1 aromatic carbocycles. The van der Waals surface area contributed by atoms with E-state index in [0.29, 0.717) is 6.42 Å². The van der Waals surface area contributed by atoms with Crippen LogP contribution in [0.4, 0.5) is 4.39 Å². The van der Waals surface area contributed by atoms with Crippen LogP contribution in [-0.4, -0.2) is 18.5 Å². The highest BCUT2D eigenvalue weighted by Gasteiger charge is 2.81. The van der Waals surface area contributed by atoms with Gasteiger partial charge in [0.2, 0.25) is 11.8 Å². The molecule has 4 atom stereocenters. The third-order valence-electron chi connectivity index (χ3n) is 7.18. The molecule has 0 heterocycles. The number of amides is 2. The summed E-state index contributed by atoms with van der Waals surface area (Å²) in [4.78, 5) is 25.7. The van der Waals surface area contributed by atoms with E-state index in [1.54, 1.807) is 0 Å². The van der Waals surface area contributed by atoms with Crippen LogP contribution in [0.15, 0.2) is 40.9 Å². The minimum atomic E-state index is -1.27. The predicted octanol–water partition coefficient (Wildman–Crippen LogP) is 2.89. The first kappa shape index (κ1) is 17.7. The highest BCUT2D eigenvalue weighted by Crippen LogP contribution is 2.81. The van der Waals surface area contributed by atoms with Gasteiger partial charge >= 0.3 is 0 Å². The highest BCUT2D eigenvalue weighted by atomic mass is 79.9. The summed E-state index contributed by atoms with van der Waals surface area (Å²) in [6.45, 7) is -0.703. The second-order valence-corrected chi connectivity index (χ2v) is 8.90. The number of primary amides is 2. The summed E-state index contributed by atoms with van der Waals surface area (Å²) in [6, 6.07) is 7.60. The highest BCUT2D eigenvalue weighted by molar-refractivity contribution is 9.10. The molecule has 3 aliphatic rings. The van der Waals surface area contributed by atoms with Crippen molar-refractivity contribution in [1.82, 2.24) is 0 Å². The van der Waals surface area contributed by atoms with Gasteiger partial charge in [-0.1, -0.05) is 40.2 Å². The van der Waals surface area contributed by atoms with E-state index >= 15 is 0 Å². The molecule has 0 aliphatic heterocycles. The molecule has 0 unspecified atom stereocenters. The molecule has 2 saturated carbocycles. The lowest BCUT2D eigenvalue weighted by molar-refractivity contribution is -0.152. The number of carbonyl (C=O) groups is 2. The molecule has 2 amide bonds. The van der Waals surface area contributed by atoms with Gasteiger partial charge in [0.25, 0.3) is 0 Å². The first-order valence-electron chi connectivity index (χ1n) is 8.94. The van der Waals surface area contributed by atoms with Gasteiger partial charge in [-0.05, 0) is 60.6 Å². The second kappa shape index (κ2) is 5.65. The summed E-state index contributed by atoms with van der Waals surface area (Å²) in [6.07, 6.45) is 6.10. The molecule has 138 valence electrons. The van der Waals surface area contributed by atoms with E-state index in [2.05, 4.69) is 15.9 Å². The molecule has 0 aromatic heterocycles. The maximum absolute atomic E-state index is 13.7. The van der Waals surface area contributed by atoms with Crippen LogP contribution in [0.1, 0.15) is 24.8 Å². The Kier molecular flexibility index (Phi) is 3.85. The van der Waals surface area contributed by atoms with Gasteiger partial charge in [0.05, 0.1) is 17.5 Å². The van der Waals surface area contributed by atoms with Crippen LogP contribution >= 0.6 is 15.9 Å². The van der Waals surface area contributed by atoms with Crippen LogP contribution < -0.4 is 11.5 Å². The van der Waals surface area contributed by atoms with Crippen LogP contribution in [0.3, 0.4) is 0 Å². The molecule has 3 aliphatic carbocycles. The number of halogens is 2. The average Bonchev–Trinajstić information content (AvgIpc) is 3.25. The largest absolute Gasteiger partial charge is 0.369 e. The number of carbonyl (C=O) groups excluding carboxylic acids is 2. The normalized spacial score (nSPS) is 35.8. The van der Waals surface area contributed by atoms with Crippen molar-refractivity contribution in [2.24, 2.45) is 39.5 Å². The summed E-state index contributed by atoms with van der Waals surface area (Å²) in [5.74, 6) is -1.53. The Hall–Kier alpha value is -1.69. The van der Waals surface area contributed by atoms with Gasteiger partial charge in [-0.15, -0.1) is 0 Å². The number of alkyl halides is 1. The molecule has 0 saturated heterocycles. The zero-order chi connectivity index (χ0) is 18.7. The Morgan fingerprint density at radius 3 is 2.04 bits per heavy atom. The summed E-state index contributed by atoms with van der Waals surface area (Å²) < 4.78 is 14.6. The van der Waals surface area contributed by atoms with Gasteiger partial charge in [0.1, 0.15) is 0 Å². The van der Waals surface area contributed by atoms with Gasteiger partial charge in [-0.2, -0.15) is 0 Å². The topological polar surface area (TPSA) is 86.2 Å². The molecule has 4 nitrogen and oxygen atoms in total. The lowest BCUT2D eigenvalue weighted by Gasteiger charge is -2.47. The summed E-state index contributed by atoms with van der Waals surface area (Å²) in [5.41, 5.74) is 10.2. The summed E-state index contributed by atoms with van der Waals surface area (Å²) in [7, 11) is 0. The van der Waals surface area contributed by atoms with Crippen molar-refractivity contribution in [3.8, 4) is 0 Å². The molecule has 1 aromatic rings. The summed E-state index contributed by atoms with van der Waals surface area (Å²) >= 11 is 3.41. The third kappa shape index (κ3) is 1.94. The van der Waals surface area contributed by atoms with Crippen molar-refractivity contribution in [2.75, 3.05) is 6.67 Å². The maximum Gasteiger partial charge on any atom is 0.225 e. The van der Waals surface area contributed by atoms with Crippen molar-refractivity contribution in [3.63, 3.8) is 0 Å². The van der Waals surface area contributed by atoms with Crippen LogP contribution in [0.25, 0.3) is 0 Å². The maximum atomic E-state index is 13.7. The Morgan fingerprint density at radius 2 is 1.58 bits per heavy atom. The number of benzene rings is 1. The zero-order valence-corrected chi connectivity index (χ0v) is 16.0. The lowest BCUT2D eigenvalue weighted by atomic mass is 9.53. The molecule has 0 radical (unpaired) electrons. The van der Waals surface area contributed by atoms with E-state index in [-0.39, 0.29) is 23.7 Å². The fourth-order valence-corrected chi connectivity index (χ4v) is 6.37. The van der Waals surface area contributed by atoms with Crippen LogP contribution in [0, 0.1) is 28.1 Å². The SMILES string of the molecule is NC(=O)[C@]1(CCF)[C@@H]2C=C[C@@H](C23CC3)[C@@]1(Cc1ccc(Br)cc1)C(N)=O. The molecule has 4 rings (SSSR count). The minimum Gasteiger partial charge on any atom is -0.369 e. The predicted molar refractivity (Wildman–Crippen MR) is 99.5 cm³/mol. The fourth-order valence-electron chi connectivity index (χ4n) is 6.11. The first-order chi connectivity index (χ1) is 12.3. The second-order valence-electron chi connectivity index (χ2n) is 7.99. The minimum absolute atomic E-state index is 0.0605. The summed E-state index contributed by atoms with van der Waals surface area (Å²) in [5, 5.41) is 0. The van der Waals surface area contributed by atoms with Crippen molar-refractivity contribution in [2.45, 2.75) is 25.7 Å². The molecular weight excluding hydrogens is 399 g/mol. The van der Waals surface area contributed by atoms with Gasteiger partial charge in [-0.3, -0.25) is 14.0 Å². The Bertz CT molecular complexity index is 805. The molecular formula is C20H22BrFN2O2. The van der Waals surface area contributed by atoms with E-state index in [1.165, 1.54) is 0 Å². The van der Waals surface area contributed by atoms with E-state index in [0.717, 1.165) is 22.9 Å². The quantitative estimate of drug-likeness (QED) is 0.693. The van der Waals surface area contributed by atoms with Gasteiger partial charge in [0.15, 0.2) is 0 Å². The monoisotopic (exact) mass is 420 g/mol. The molecule has 6 heteroatoms. The van der Waals surface area contributed by atoms with Gasteiger partial charge in [0, 0.05) is 4.47 Å². The number of rotatable bonds is 6. The van der Waals surface area contributed by atoms with Crippen molar-refractivity contribution < 1.29 is 14.0 Å². The van der Waals surface area contributed by atoms with Crippen molar-refractivity contribution >= 4 is 27.7 Å². The smallest absolute Gasteiger partial charge is 0.225 e. The lowest BCUT2D eigenvalue weighted by Crippen LogP contribution is -2.60. The van der Waals surface area contributed by atoms with Gasteiger partial charge in [-0.25, -0.2) is 0 Å². The van der Waals surface area contributed by atoms with Crippen LogP contribution in [0.5, 0.6) is 0 Å². The van der Waals surface area contributed by atoms with Crippen molar-refractivity contribution in [1.29, 1.82) is 0 Å². The molecule has 1 spiro atoms. The average molecular weight is 421 g/mol. The van der Waals surface area contributed by atoms with Gasteiger partial charge < -0.3 is 11.5 Å². The zero-order valence-electron chi connectivity index (χ0n) is 14.4. The number of hydrogen-bond acceptors (Lipinski definition) is 2. The molecule has 2 bridgehead atoms. The van der Waals surface area contributed by atoms with Crippen molar-refractivity contribution in [3.05, 3.63) is 46.5 Å². The Labute approximate surface area is 160 Å². The number of nitrogens with two attached hydrogens (primary N) is 2. The van der Waals surface area contributed by atoms with Crippen LogP contribution in [0.2, 0.25) is 0 Å². The first-order valence-corrected chi connectivity index (χ1v) is 9.73. The molecule has 4 N–H and O–H groups in total. The number of allylic oxidation sites excluding steroid dienone is 2. The van der Waals surface area contributed by atoms with E-state index in [9.17, 15) is 14.0 Å². The number of hydrogen-bond donors (Lipinski definition) is 2. The standard InChI is InChI=1S/C20H22BrFN2O2/c21-13-3-1-12(2-4-13)11-20(17(24)26)15-6-5-14(18(15)7-8-18)19(20,9-10-22)16(23)25/h1-6,14-15H,7-11H2,(H2,23,25)(H2,24,26)/t14-,15+,19+,20+/m1/s1. The van der Waals surface area contributed by atoms with E-state index < -0.39 is 29.3 Å². The van der Waals surface area contributed by atoms with E-state index in [4.69, 9.17) is 11.5 Å². The fraction of sp³-hybridized carbons (Fsp3) is 0.500. The molecule has 2 fully saturated rings. The third-order valence-corrected chi connectivity index (χ3v) is 7.71. The van der Waals surface area contributed by atoms with E-state index in [1.807, 2.05) is 36.4 Å². The van der Waals surface area contributed by atoms with Crippen LogP contribution in [-0.2, 0) is 16.0 Å². The Morgan fingerprint density at radius 1 is 1.04 bits per heavy atom. The Balaban J connectivity index is 1.92. The molecule has 26 heavy (non-hydrogen) atoms.